The van der Waals surface area contributed by atoms with E-state index in [1.165, 1.54) is 22.8 Å². The van der Waals surface area contributed by atoms with Crippen LogP contribution in [0.25, 0.3) is 0 Å². The molecular weight excluding hydrogens is 226 g/mol. The molecule has 0 aliphatic heterocycles. The molecule has 1 aromatic rings. The van der Waals surface area contributed by atoms with E-state index in [-0.39, 0.29) is 24.6 Å². The van der Waals surface area contributed by atoms with Gasteiger partial charge in [0.25, 0.3) is 5.91 Å². The van der Waals surface area contributed by atoms with Gasteiger partial charge >= 0.3 is 5.97 Å². The molecule has 0 unspecified atom stereocenters. The first-order valence-corrected chi connectivity index (χ1v) is 5.12. The van der Waals surface area contributed by atoms with E-state index in [1.807, 2.05) is 0 Å². The summed E-state index contributed by atoms with van der Waals surface area (Å²) in [6, 6.07) is 0. The molecule has 1 heterocycles. The Balaban J connectivity index is 2.58. The number of aromatic nitrogens is 3. The van der Waals surface area contributed by atoms with E-state index in [4.69, 9.17) is 10.8 Å². The number of hydrogen-bond donors (Lipinski definition) is 2. The molecule has 8 heteroatoms. The van der Waals surface area contributed by atoms with Crippen LogP contribution in [-0.4, -0.2) is 57.0 Å². The fourth-order valence-corrected chi connectivity index (χ4v) is 1.20. The van der Waals surface area contributed by atoms with Crippen LogP contribution in [0.2, 0.25) is 0 Å². The maximum atomic E-state index is 11.8. The lowest BCUT2D eigenvalue weighted by Gasteiger charge is -2.13. The van der Waals surface area contributed by atoms with Gasteiger partial charge in [-0.3, -0.25) is 14.3 Å². The molecule has 0 aromatic carbocycles. The molecule has 0 bridgehead atoms. The van der Waals surface area contributed by atoms with Gasteiger partial charge in [0, 0.05) is 20.1 Å². The molecule has 17 heavy (non-hydrogen) atoms. The van der Waals surface area contributed by atoms with Crippen molar-refractivity contribution in [2.24, 2.45) is 5.73 Å². The SMILES string of the molecule is CN(CCC(=O)O)C(=O)c1cn(CCN)nn1. The third kappa shape index (κ3) is 3.83. The van der Waals surface area contributed by atoms with Crippen molar-refractivity contribution in [3.05, 3.63) is 11.9 Å². The van der Waals surface area contributed by atoms with Crippen LogP contribution < -0.4 is 5.73 Å². The van der Waals surface area contributed by atoms with E-state index in [9.17, 15) is 9.59 Å². The van der Waals surface area contributed by atoms with E-state index in [2.05, 4.69) is 10.3 Å². The van der Waals surface area contributed by atoms with E-state index in [0.717, 1.165) is 0 Å². The van der Waals surface area contributed by atoms with Crippen LogP contribution in [0, 0.1) is 0 Å². The molecule has 1 amide bonds. The number of nitrogens with zero attached hydrogens (tertiary/aromatic N) is 4. The zero-order chi connectivity index (χ0) is 12.8. The number of carboxylic acids is 1. The van der Waals surface area contributed by atoms with Gasteiger partial charge in [-0.1, -0.05) is 5.21 Å². The summed E-state index contributed by atoms with van der Waals surface area (Å²) in [6.45, 7) is 1.03. The molecule has 1 rings (SSSR count). The number of rotatable bonds is 6. The van der Waals surface area contributed by atoms with Crippen molar-refractivity contribution < 1.29 is 14.7 Å². The molecule has 0 atom stereocenters. The molecule has 0 radical (unpaired) electrons. The maximum absolute atomic E-state index is 11.8. The average Bonchev–Trinajstić information content (AvgIpc) is 2.74. The maximum Gasteiger partial charge on any atom is 0.305 e. The van der Waals surface area contributed by atoms with Crippen molar-refractivity contribution in [1.82, 2.24) is 19.9 Å². The van der Waals surface area contributed by atoms with Crippen LogP contribution in [0.3, 0.4) is 0 Å². The van der Waals surface area contributed by atoms with Gasteiger partial charge in [-0.15, -0.1) is 5.10 Å². The highest BCUT2D eigenvalue weighted by atomic mass is 16.4. The zero-order valence-electron chi connectivity index (χ0n) is 9.54. The summed E-state index contributed by atoms with van der Waals surface area (Å²) in [5.74, 6) is -1.30. The van der Waals surface area contributed by atoms with Gasteiger partial charge < -0.3 is 15.7 Å². The largest absolute Gasteiger partial charge is 0.481 e. The van der Waals surface area contributed by atoms with Crippen LogP contribution >= 0.6 is 0 Å². The van der Waals surface area contributed by atoms with Crippen molar-refractivity contribution in [2.45, 2.75) is 13.0 Å². The van der Waals surface area contributed by atoms with Crippen LogP contribution in [0.15, 0.2) is 6.20 Å². The fraction of sp³-hybridized carbons (Fsp3) is 0.556. The Morgan fingerprint density at radius 3 is 2.88 bits per heavy atom. The Kier molecular flexibility index (Phi) is 4.58. The molecule has 0 fully saturated rings. The van der Waals surface area contributed by atoms with Crippen molar-refractivity contribution in [3.8, 4) is 0 Å². The number of hydrogen-bond acceptors (Lipinski definition) is 5. The zero-order valence-corrected chi connectivity index (χ0v) is 9.54. The predicted octanol–water partition coefficient (Wildman–Crippen LogP) is -1.22. The topological polar surface area (TPSA) is 114 Å². The number of amides is 1. The molecule has 0 saturated carbocycles. The molecular formula is C9H15N5O3. The van der Waals surface area contributed by atoms with Crippen molar-refractivity contribution in [2.75, 3.05) is 20.1 Å². The summed E-state index contributed by atoms with van der Waals surface area (Å²) in [7, 11) is 1.52. The number of carbonyl (C=O) groups is 2. The minimum Gasteiger partial charge on any atom is -0.481 e. The van der Waals surface area contributed by atoms with Gasteiger partial charge in [0.05, 0.1) is 19.2 Å². The second kappa shape index (κ2) is 5.94. The first-order chi connectivity index (χ1) is 8.04. The normalized spacial score (nSPS) is 10.2. The van der Waals surface area contributed by atoms with Gasteiger partial charge in [0.1, 0.15) is 0 Å². The highest BCUT2D eigenvalue weighted by Gasteiger charge is 2.16. The van der Waals surface area contributed by atoms with Crippen LogP contribution in [-0.2, 0) is 11.3 Å². The van der Waals surface area contributed by atoms with Gasteiger partial charge in [-0.25, -0.2) is 0 Å². The number of aliphatic carboxylic acids is 1. The molecule has 3 N–H and O–H groups in total. The fourth-order valence-electron chi connectivity index (χ4n) is 1.20. The molecule has 0 saturated heterocycles. The Morgan fingerprint density at radius 2 is 2.29 bits per heavy atom. The second-order valence-corrected chi connectivity index (χ2v) is 3.53. The van der Waals surface area contributed by atoms with Crippen LogP contribution in [0.5, 0.6) is 0 Å². The van der Waals surface area contributed by atoms with E-state index >= 15 is 0 Å². The van der Waals surface area contributed by atoms with E-state index < -0.39 is 5.97 Å². The number of carboxylic acid groups (broad SMARTS) is 1. The number of nitrogens with two attached hydrogens (primary N) is 1. The number of carbonyl (C=O) groups excluding carboxylic acids is 1. The first-order valence-electron chi connectivity index (χ1n) is 5.12. The monoisotopic (exact) mass is 241 g/mol. The highest BCUT2D eigenvalue weighted by Crippen LogP contribution is 1.99. The Bertz CT molecular complexity index is 403. The minimum absolute atomic E-state index is 0.0980. The van der Waals surface area contributed by atoms with Gasteiger partial charge in [-0.2, -0.15) is 0 Å². The summed E-state index contributed by atoms with van der Waals surface area (Å²) in [6.07, 6.45) is 1.39. The summed E-state index contributed by atoms with van der Waals surface area (Å²) >= 11 is 0. The lowest BCUT2D eigenvalue weighted by atomic mass is 10.3. The minimum atomic E-state index is -0.948. The lowest BCUT2D eigenvalue weighted by molar-refractivity contribution is -0.137. The highest BCUT2D eigenvalue weighted by molar-refractivity contribution is 5.91. The Labute approximate surface area is 98.0 Å². The third-order valence-corrected chi connectivity index (χ3v) is 2.12. The van der Waals surface area contributed by atoms with Gasteiger partial charge in [0.15, 0.2) is 5.69 Å². The molecule has 0 aliphatic carbocycles. The van der Waals surface area contributed by atoms with Crippen LogP contribution in [0.1, 0.15) is 16.9 Å². The van der Waals surface area contributed by atoms with Crippen LogP contribution in [0.4, 0.5) is 0 Å². The summed E-state index contributed by atoms with van der Waals surface area (Å²) < 4.78 is 1.47. The second-order valence-electron chi connectivity index (χ2n) is 3.53. The van der Waals surface area contributed by atoms with E-state index in [0.29, 0.717) is 13.1 Å². The summed E-state index contributed by atoms with van der Waals surface area (Å²) in [5, 5.41) is 15.9. The first kappa shape index (κ1) is 13.1. The van der Waals surface area contributed by atoms with Gasteiger partial charge in [0.2, 0.25) is 0 Å². The molecule has 94 valence electrons. The predicted molar refractivity (Wildman–Crippen MR) is 58.3 cm³/mol. The lowest BCUT2D eigenvalue weighted by Crippen LogP contribution is -2.29. The smallest absolute Gasteiger partial charge is 0.305 e. The van der Waals surface area contributed by atoms with Crippen molar-refractivity contribution in [3.63, 3.8) is 0 Å². The third-order valence-electron chi connectivity index (χ3n) is 2.12. The Morgan fingerprint density at radius 1 is 1.59 bits per heavy atom. The molecule has 0 spiro atoms. The molecule has 0 aliphatic rings. The standard InChI is InChI=1S/C9H15N5O3/c1-13(4-2-8(15)16)9(17)7-6-14(5-3-10)12-11-7/h6H,2-5,10H2,1H3,(H,15,16). The van der Waals surface area contributed by atoms with Crippen molar-refractivity contribution in [1.29, 1.82) is 0 Å². The quantitative estimate of drug-likeness (QED) is 0.645. The summed E-state index contributed by atoms with van der Waals surface area (Å²) in [5.41, 5.74) is 5.52. The molecule has 1 aromatic heterocycles. The van der Waals surface area contributed by atoms with Crippen molar-refractivity contribution >= 4 is 11.9 Å². The average molecular weight is 241 g/mol. The Hall–Kier alpha value is -1.96. The molecule has 8 nitrogen and oxygen atoms in total. The van der Waals surface area contributed by atoms with E-state index in [1.54, 1.807) is 0 Å². The van der Waals surface area contributed by atoms with Gasteiger partial charge in [-0.05, 0) is 0 Å². The summed E-state index contributed by atoms with van der Waals surface area (Å²) in [4.78, 5) is 23.4.